The summed E-state index contributed by atoms with van der Waals surface area (Å²) < 4.78 is 5.56. The Bertz CT molecular complexity index is 182. The standard InChI is InChI=1S/C11H18O2/c1-2-3-8-13-11-6-4-10(9-12)5-7-11/h10-12H,4-9H2,1H3. The van der Waals surface area contributed by atoms with Crippen LogP contribution in [-0.2, 0) is 4.74 Å². The molecule has 0 aromatic carbocycles. The summed E-state index contributed by atoms with van der Waals surface area (Å²) in [7, 11) is 0. The Balaban J connectivity index is 2.12. The maximum atomic E-state index is 8.93. The van der Waals surface area contributed by atoms with Gasteiger partial charge in [-0.05, 0) is 38.5 Å². The van der Waals surface area contributed by atoms with Crippen molar-refractivity contribution in [2.24, 2.45) is 5.92 Å². The van der Waals surface area contributed by atoms with Crippen molar-refractivity contribution >= 4 is 0 Å². The summed E-state index contributed by atoms with van der Waals surface area (Å²) in [5, 5.41) is 8.93. The molecular formula is C11H18O2. The molecule has 0 amide bonds. The minimum atomic E-state index is 0.335. The maximum absolute atomic E-state index is 8.93. The minimum Gasteiger partial charge on any atom is -0.396 e. The van der Waals surface area contributed by atoms with Crippen molar-refractivity contribution in [3.8, 4) is 11.8 Å². The predicted octanol–water partition coefficient (Wildman–Crippen LogP) is 1.58. The second-order valence-corrected chi connectivity index (χ2v) is 3.56. The summed E-state index contributed by atoms with van der Waals surface area (Å²) in [5.74, 6) is 6.22. The van der Waals surface area contributed by atoms with Gasteiger partial charge in [0.15, 0.2) is 0 Å². The average molecular weight is 182 g/mol. The first kappa shape index (κ1) is 10.6. The molecule has 2 heteroatoms. The zero-order chi connectivity index (χ0) is 9.52. The SMILES string of the molecule is CC#CCOC1CCC(CO)CC1. The molecule has 13 heavy (non-hydrogen) atoms. The Morgan fingerprint density at radius 1 is 1.31 bits per heavy atom. The van der Waals surface area contributed by atoms with Crippen molar-refractivity contribution in [3.63, 3.8) is 0 Å². The fourth-order valence-corrected chi connectivity index (χ4v) is 1.71. The van der Waals surface area contributed by atoms with Crippen LogP contribution in [0.3, 0.4) is 0 Å². The first-order chi connectivity index (χ1) is 6.36. The van der Waals surface area contributed by atoms with Gasteiger partial charge in [-0.15, -0.1) is 5.92 Å². The van der Waals surface area contributed by atoms with Gasteiger partial charge in [0.05, 0.1) is 6.10 Å². The van der Waals surface area contributed by atoms with Gasteiger partial charge in [-0.3, -0.25) is 0 Å². The van der Waals surface area contributed by atoms with Gasteiger partial charge in [-0.25, -0.2) is 0 Å². The van der Waals surface area contributed by atoms with E-state index in [1.54, 1.807) is 0 Å². The lowest BCUT2D eigenvalue weighted by atomic mass is 9.88. The van der Waals surface area contributed by atoms with E-state index in [0.29, 0.717) is 25.2 Å². The number of hydrogen-bond donors (Lipinski definition) is 1. The van der Waals surface area contributed by atoms with Gasteiger partial charge in [0.25, 0.3) is 0 Å². The van der Waals surface area contributed by atoms with Gasteiger partial charge >= 0.3 is 0 Å². The number of rotatable bonds is 3. The lowest BCUT2D eigenvalue weighted by molar-refractivity contribution is 0.0288. The zero-order valence-corrected chi connectivity index (χ0v) is 8.25. The topological polar surface area (TPSA) is 29.5 Å². The van der Waals surface area contributed by atoms with Gasteiger partial charge in [0, 0.05) is 6.61 Å². The highest BCUT2D eigenvalue weighted by Gasteiger charge is 2.20. The quantitative estimate of drug-likeness (QED) is 0.671. The molecule has 0 bridgehead atoms. The van der Waals surface area contributed by atoms with E-state index in [-0.39, 0.29) is 0 Å². The lowest BCUT2D eigenvalue weighted by Gasteiger charge is -2.26. The normalized spacial score (nSPS) is 27.8. The van der Waals surface area contributed by atoms with E-state index in [1.807, 2.05) is 6.92 Å². The summed E-state index contributed by atoms with van der Waals surface area (Å²) in [6, 6.07) is 0. The Morgan fingerprint density at radius 3 is 2.54 bits per heavy atom. The van der Waals surface area contributed by atoms with Crippen LogP contribution in [0, 0.1) is 17.8 Å². The number of ether oxygens (including phenoxy) is 1. The predicted molar refractivity (Wildman–Crippen MR) is 52.2 cm³/mol. The van der Waals surface area contributed by atoms with Gasteiger partial charge in [-0.2, -0.15) is 0 Å². The van der Waals surface area contributed by atoms with E-state index in [9.17, 15) is 0 Å². The van der Waals surface area contributed by atoms with Crippen LogP contribution < -0.4 is 0 Å². The molecule has 1 aliphatic rings. The molecule has 1 aliphatic carbocycles. The largest absolute Gasteiger partial charge is 0.396 e. The van der Waals surface area contributed by atoms with Crippen LogP contribution in [0.5, 0.6) is 0 Å². The molecule has 1 N–H and O–H groups in total. The van der Waals surface area contributed by atoms with E-state index in [1.165, 1.54) is 0 Å². The van der Waals surface area contributed by atoms with Crippen LogP contribution in [0.15, 0.2) is 0 Å². The summed E-state index contributed by atoms with van der Waals surface area (Å²) in [6.45, 7) is 2.72. The van der Waals surface area contributed by atoms with Gasteiger partial charge < -0.3 is 9.84 Å². The smallest absolute Gasteiger partial charge is 0.108 e. The van der Waals surface area contributed by atoms with Crippen LogP contribution in [0.4, 0.5) is 0 Å². The molecule has 74 valence electrons. The van der Waals surface area contributed by atoms with Crippen molar-refractivity contribution in [3.05, 3.63) is 0 Å². The molecule has 1 rings (SSSR count). The summed E-state index contributed by atoms with van der Waals surface area (Å²) in [5.41, 5.74) is 0. The molecule has 0 atom stereocenters. The average Bonchev–Trinajstić information content (AvgIpc) is 2.19. The van der Waals surface area contributed by atoms with E-state index in [0.717, 1.165) is 25.7 Å². The Kier molecular flexibility index (Phi) is 4.88. The molecule has 0 radical (unpaired) electrons. The van der Waals surface area contributed by atoms with Crippen molar-refractivity contribution in [2.75, 3.05) is 13.2 Å². The fourth-order valence-electron chi connectivity index (χ4n) is 1.71. The Hall–Kier alpha value is -0.520. The highest BCUT2D eigenvalue weighted by Crippen LogP contribution is 2.25. The van der Waals surface area contributed by atoms with E-state index >= 15 is 0 Å². The van der Waals surface area contributed by atoms with Crippen molar-refractivity contribution in [2.45, 2.75) is 38.7 Å². The third-order valence-electron chi connectivity index (χ3n) is 2.62. The second kappa shape index (κ2) is 6.01. The van der Waals surface area contributed by atoms with Crippen LogP contribution in [0.2, 0.25) is 0 Å². The monoisotopic (exact) mass is 182 g/mol. The molecule has 1 fully saturated rings. The highest BCUT2D eigenvalue weighted by atomic mass is 16.5. The van der Waals surface area contributed by atoms with Crippen LogP contribution in [0.25, 0.3) is 0 Å². The molecule has 0 aromatic heterocycles. The summed E-state index contributed by atoms with van der Waals surface area (Å²) in [4.78, 5) is 0. The highest BCUT2D eigenvalue weighted by molar-refractivity contribution is 4.95. The number of hydrogen-bond acceptors (Lipinski definition) is 2. The summed E-state index contributed by atoms with van der Waals surface area (Å²) in [6.07, 6.45) is 4.73. The van der Waals surface area contributed by atoms with Gasteiger partial charge in [-0.1, -0.05) is 5.92 Å². The van der Waals surface area contributed by atoms with E-state index in [2.05, 4.69) is 11.8 Å². The Morgan fingerprint density at radius 2 is 2.00 bits per heavy atom. The van der Waals surface area contributed by atoms with E-state index in [4.69, 9.17) is 9.84 Å². The van der Waals surface area contributed by atoms with Gasteiger partial charge in [0.1, 0.15) is 6.61 Å². The van der Waals surface area contributed by atoms with Crippen molar-refractivity contribution < 1.29 is 9.84 Å². The molecule has 0 unspecified atom stereocenters. The molecule has 0 aliphatic heterocycles. The first-order valence-corrected chi connectivity index (χ1v) is 4.99. The zero-order valence-electron chi connectivity index (χ0n) is 8.25. The van der Waals surface area contributed by atoms with Crippen LogP contribution in [0.1, 0.15) is 32.6 Å². The maximum Gasteiger partial charge on any atom is 0.108 e. The molecule has 2 nitrogen and oxygen atoms in total. The molecule has 0 aromatic rings. The van der Waals surface area contributed by atoms with Crippen molar-refractivity contribution in [1.82, 2.24) is 0 Å². The molecular weight excluding hydrogens is 164 g/mol. The third-order valence-corrected chi connectivity index (χ3v) is 2.62. The number of aliphatic hydroxyl groups is 1. The number of aliphatic hydroxyl groups excluding tert-OH is 1. The Labute approximate surface area is 80.3 Å². The molecule has 0 saturated heterocycles. The third kappa shape index (κ3) is 3.80. The van der Waals surface area contributed by atoms with Gasteiger partial charge in [0.2, 0.25) is 0 Å². The minimum absolute atomic E-state index is 0.335. The van der Waals surface area contributed by atoms with Crippen molar-refractivity contribution in [1.29, 1.82) is 0 Å². The van der Waals surface area contributed by atoms with Crippen LogP contribution in [-0.4, -0.2) is 24.4 Å². The van der Waals surface area contributed by atoms with Crippen LogP contribution >= 0.6 is 0 Å². The fraction of sp³-hybridized carbons (Fsp3) is 0.818. The molecule has 1 saturated carbocycles. The molecule has 0 spiro atoms. The lowest BCUT2D eigenvalue weighted by Crippen LogP contribution is -2.23. The molecule has 0 heterocycles. The van der Waals surface area contributed by atoms with E-state index < -0.39 is 0 Å². The second-order valence-electron chi connectivity index (χ2n) is 3.56. The summed E-state index contributed by atoms with van der Waals surface area (Å²) >= 11 is 0. The first-order valence-electron chi connectivity index (χ1n) is 4.99.